The fourth-order valence-corrected chi connectivity index (χ4v) is 5.55. The maximum atomic E-state index is 13.4. The maximum Gasteiger partial charge on any atom is 0.269 e. The average molecular weight is 345 g/mol. The van der Waals surface area contributed by atoms with Crippen LogP contribution < -0.4 is 4.31 Å². The van der Waals surface area contributed by atoms with Crippen molar-refractivity contribution >= 4 is 27.0 Å². The van der Waals surface area contributed by atoms with Gasteiger partial charge in [0.1, 0.15) is 0 Å². The van der Waals surface area contributed by atoms with Gasteiger partial charge in [-0.15, -0.1) is 0 Å². The van der Waals surface area contributed by atoms with E-state index >= 15 is 0 Å². The van der Waals surface area contributed by atoms with Gasteiger partial charge >= 0.3 is 0 Å². The number of anilines is 1. The molecule has 1 aliphatic carbocycles. The Hall–Kier alpha value is -2.85. The Balaban J connectivity index is 1.89. The summed E-state index contributed by atoms with van der Waals surface area (Å²) in [6, 6.07) is 24.7. The zero-order valence-corrected chi connectivity index (χ0v) is 14.2. The monoisotopic (exact) mass is 345 g/mol. The van der Waals surface area contributed by atoms with E-state index in [1.165, 1.54) is 9.87 Å². The number of fused-ring (bicyclic) bond motifs is 4. The molecule has 0 fully saturated rings. The molecule has 0 atom stereocenters. The van der Waals surface area contributed by atoms with Gasteiger partial charge in [0.25, 0.3) is 10.0 Å². The lowest BCUT2D eigenvalue weighted by molar-refractivity contribution is 0.595. The summed E-state index contributed by atoms with van der Waals surface area (Å²) in [7, 11) is -3.66. The summed E-state index contributed by atoms with van der Waals surface area (Å²) in [6.07, 6.45) is 0.751. The van der Waals surface area contributed by atoms with Crippen molar-refractivity contribution in [2.75, 3.05) is 4.31 Å². The molecule has 3 aromatic rings. The second-order valence-corrected chi connectivity index (χ2v) is 8.02. The van der Waals surface area contributed by atoms with Crippen LogP contribution in [0.15, 0.2) is 83.8 Å². The number of rotatable bonds is 1. The molecule has 0 radical (unpaired) electrons. The molecule has 0 N–H and O–H groups in total. The largest absolute Gasteiger partial charge is 0.269 e. The molecule has 1 aliphatic heterocycles. The minimum Gasteiger partial charge on any atom is -0.234 e. The van der Waals surface area contributed by atoms with Crippen LogP contribution in [0.4, 0.5) is 5.69 Å². The van der Waals surface area contributed by atoms with Gasteiger partial charge in [-0.05, 0) is 29.3 Å². The lowest BCUT2D eigenvalue weighted by atomic mass is 10.0. The SMILES string of the molecule is O=S1(=O)c2ccccc2C2=C(c3ccccc3C2)N1c1ccccc1. The van der Waals surface area contributed by atoms with Gasteiger partial charge in [0, 0.05) is 17.5 Å². The molecule has 3 aromatic carbocycles. The van der Waals surface area contributed by atoms with Crippen LogP contribution in [-0.4, -0.2) is 8.42 Å². The predicted octanol–water partition coefficient (Wildman–Crippen LogP) is 4.32. The summed E-state index contributed by atoms with van der Waals surface area (Å²) in [4.78, 5) is 0.380. The smallest absolute Gasteiger partial charge is 0.234 e. The third-order valence-electron chi connectivity index (χ3n) is 4.85. The molecule has 25 heavy (non-hydrogen) atoms. The molecule has 0 bridgehead atoms. The highest BCUT2D eigenvalue weighted by Crippen LogP contribution is 2.49. The maximum absolute atomic E-state index is 13.4. The molecule has 122 valence electrons. The van der Waals surface area contributed by atoms with Crippen molar-refractivity contribution in [3.8, 4) is 0 Å². The molecule has 0 spiro atoms. The van der Waals surface area contributed by atoms with Crippen molar-refractivity contribution in [1.82, 2.24) is 0 Å². The Bertz CT molecular complexity index is 1130. The van der Waals surface area contributed by atoms with Gasteiger partial charge in [-0.3, -0.25) is 0 Å². The fourth-order valence-electron chi connectivity index (χ4n) is 3.79. The number of hydrogen-bond donors (Lipinski definition) is 0. The normalized spacial score (nSPS) is 17.0. The van der Waals surface area contributed by atoms with E-state index in [9.17, 15) is 8.42 Å². The number of allylic oxidation sites excluding steroid dienone is 1. The van der Waals surface area contributed by atoms with Crippen LogP contribution in [0.25, 0.3) is 11.3 Å². The molecule has 4 heteroatoms. The summed E-state index contributed by atoms with van der Waals surface area (Å²) < 4.78 is 28.4. The lowest BCUT2D eigenvalue weighted by Gasteiger charge is -2.32. The van der Waals surface area contributed by atoms with Gasteiger partial charge < -0.3 is 0 Å². The summed E-state index contributed by atoms with van der Waals surface area (Å²) in [5, 5.41) is 0. The zero-order valence-electron chi connectivity index (χ0n) is 13.4. The fraction of sp³-hybridized carbons (Fsp3) is 0.0476. The lowest BCUT2D eigenvalue weighted by Crippen LogP contribution is -2.33. The molecule has 5 rings (SSSR count). The second-order valence-electron chi connectivity index (χ2n) is 6.26. The summed E-state index contributed by atoms with van der Waals surface area (Å²) >= 11 is 0. The number of nitrogens with zero attached hydrogens (tertiary/aromatic N) is 1. The second kappa shape index (κ2) is 5.07. The standard InChI is InChI=1S/C21H15NO2S/c23-25(24)20-13-7-6-12-18(20)19-14-15-8-4-5-11-17(15)21(19)22(25)16-9-2-1-3-10-16/h1-13H,14H2. The van der Waals surface area contributed by atoms with Crippen LogP contribution in [0.3, 0.4) is 0 Å². The van der Waals surface area contributed by atoms with E-state index in [0.717, 1.165) is 28.8 Å². The van der Waals surface area contributed by atoms with Crippen molar-refractivity contribution in [1.29, 1.82) is 0 Å². The highest BCUT2D eigenvalue weighted by atomic mass is 32.2. The van der Waals surface area contributed by atoms with E-state index in [1.54, 1.807) is 12.1 Å². The molecule has 3 nitrogen and oxygen atoms in total. The molecule has 1 heterocycles. The third-order valence-corrected chi connectivity index (χ3v) is 6.64. The van der Waals surface area contributed by atoms with E-state index < -0.39 is 10.0 Å². The molecule has 0 amide bonds. The number of para-hydroxylation sites is 1. The minimum atomic E-state index is -3.66. The van der Waals surface area contributed by atoms with Gasteiger partial charge in [0.15, 0.2) is 0 Å². The van der Waals surface area contributed by atoms with Crippen LogP contribution in [0.1, 0.15) is 16.7 Å². The van der Waals surface area contributed by atoms with E-state index in [0.29, 0.717) is 10.6 Å². The molecule has 2 aliphatic rings. The average Bonchev–Trinajstić information content (AvgIpc) is 3.02. The van der Waals surface area contributed by atoms with Crippen molar-refractivity contribution in [2.45, 2.75) is 11.3 Å². The first-order valence-electron chi connectivity index (χ1n) is 8.19. The van der Waals surface area contributed by atoms with Crippen LogP contribution >= 0.6 is 0 Å². The van der Waals surface area contributed by atoms with E-state index in [2.05, 4.69) is 6.07 Å². The van der Waals surface area contributed by atoms with Crippen molar-refractivity contribution in [3.63, 3.8) is 0 Å². The molecule has 0 saturated carbocycles. The van der Waals surface area contributed by atoms with Crippen molar-refractivity contribution in [3.05, 3.63) is 95.6 Å². The Labute approximate surface area is 146 Å². The van der Waals surface area contributed by atoms with Gasteiger partial charge in [0.2, 0.25) is 0 Å². The summed E-state index contributed by atoms with van der Waals surface area (Å²) in [6.45, 7) is 0. The molecular weight excluding hydrogens is 330 g/mol. The Morgan fingerprint density at radius 3 is 2.16 bits per heavy atom. The minimum absolute atomic E-state index is 0.380. The van der Waals surface area contributed by atoms with Crippen LogP contribution in [0, 0.1) is 0 Å². The van der Waals surface area contributed by atoms with Crippen LogP contribution in [-0.2, 0) is 16.4 Å². The summed E-state index contributed by atoms with van der Waals surface area (Å²) in [5.41, 5.74) is 5.53. The Kier molecular flexibility index (Phi) is 2.94. The number of hydrogen-bond acceptors (Lipinski definition) is 2. The first-order valence-corrected chi connectivity index (χ1v) is 9.63. The molecular formula is C21H15NO2S. The van der Waals surface area contributed by atoms with Gasteiger partial charge in [0.05, 0.1) is 16.3 Å². The Morgan fingerprint density at radius 1 is 0.720 bits per heavy atom. The topological polar surface area (TPSA) is 37.4 Å². The van der Waals surface area contributed by atoms with Crippen LogP contribution in [0.2, 0.25) is 0 Å². The van der Waals surface area contributed by atoms with Gasteiger partial charge in [-0.2, -0.15) is 0 Å². The third kappa shape index (κ3) is 1.94. The van der Waals surface area contributed by atoms with Gasteiger partial charge in [-0.1, -0.05) is 60.7 Å². The molecule has 0 unspecified atom stereocenters. The predicted molar refractivity (Wildman–Crippen MR) is 99.5 cm³/mol. The number of sulfonamides is 1. The van der Waals surface area contributed by atoms with E-state index in [4.69, 9.17) is 0 Å². The quantitative estimate of drug-likeness (QED) is 0.659. The number of benzene rings is 3. The first kappa shape index (κ1) is 14.5. The van der Waals surface area contributed by atoms with Crippen molar-refractivity contribution in [2.24, 2.45) is 0 Å². The van der Waals surface area contributed by atoms with Crippen LogP contribution in [0.5, 0.6) is 0 Å². The van der Waals surface area contributed by atoms with E-state index in [1.807, 2.05) is 60.7 Å². The summed E-state index contributed by atoms with van der Waals surface area (Å²) in [5.74, 6) is 0. The molecule has 0 aromatic heterocycles. The van der Waals surface area contributed by atoms with Gasteiger partial charge in [-0.25, -0.2) is 12.7 Å². The first-order chi connectivity index (χ1) is 12.2. The zero-order chi connectivity index (χ0) is 17.0. The van der Waals surface area contributed by atoms with E-state index in [-0.39, 0.29) is 0 Å². The highest BCUT2D eigenvalue weighted by molar-refractivity contribution is 7.93. The van der Waals surface area contributed by atoms with Crippen molar-refractivity contribution < 1.29 is 8.42 Å². The molecule has 0 saturated heterocycles. The highest BCUT2D eigenvalue weighted by Gasteiger charge is 2.41. The Morgan fingerprint density at radius 2 is 1.36 bits per heavy atom.